The lowest BCUT2D eigenvalue weighted by Crippen LogP contribution is -2.29. The fraction of sp³-hybridized carbons (Fsp3) is 0.143. The van der Waals surface area contributed by atoms with Crippen LogP contribution in [0, 0.1) is 6.92 Å². The van der Waals surface area contributed by atoms with E-state index in [9.17, 15) is 14.4 Å². The minimum atomic E-state index is -0.371. The van der Waals surface area contributed by atoms with E-state index < -0.39 is 0 Å². The number of rotatable bonds is 4. The second kappa shape index (κ2) is 8.06. The highest BCUT2D eigenvalue weighted by atomic mass is 16.2. The van der Waals surface area contributed by atoms with Gasteiger partial charge in [0.15, 0.2) is 5.69 Å². The summed E-state index contributed by atoms with van der Waals surface area (Å²) in [4.78, 5) is 40.2. The predicted octanol–water partition coefficient (Wildman–Crippen LogP) is 4.72. The van der Waals surface area contributed by atoms with Crippen molar-refractivity contribution in [3.8, 4) is 5.69 Å². The maximum absolute atomic E-state index is 13.3. The number of carbonyl (C=O) groups excluding carboxylic acids is 3. The van der Waals surface area contributed by atoms with Crippen molar-refractivity contribution >= 4 is 29.1 Å². The molecule has 0 saturated heterocycles. The Morgan fingerprint density at radius 1 is 0.886 bits per heavy atom. The topological polar surface area (TPSA) is 84.3 Å². The van der Waals surface area contributed by atoms with Crippen molar-refractivity contribution in [3.05, 3.63) is 106 Å². The van der Waals surface area contributed by atoms with Gasteiger partial charge in [0, 0.05) is 16.9 Å². The molecule has 0 spiro atoms. The van der Waals surface area contributed by atoms with Crippen molar-refractivity contribution < 1.29 is 14.4 Å². The normalized spacial score (nSPS) is 14.3. The lowest BCUT2D eigenvalue weighted by Gasteiger charge is -2.15. The number of benzene rings is 3. The zero-order valence-electron chi connectivity index (χ0n) is 19.1. The molecule has 0 bridgehead atoms. The van der Waals surface area contributed by atoms with Crippen LogP contribution in [-0.4, -0.2) is 27.5 Å². The SMILES string of the molecule is Cc1ccccc1-n1nc(C(=O)Nc2cccc(N3C(=O)c4ccccc4C3=O)c2)c2c1CCC2. The Kier molecular flexibility index (Phi) is 4.84. The molecule has 3 aromatic carbocycles. The van der Waals surface area contributed by atoms with Crippen molar-refractivity contribution in [2.75, 3.05) is 10.2 Å². The van der Waals surface area contributed by atoms with Crippen LogP contribution >= 0.6 is 0 Å². The lowest BCUT2D eigenvalue weighted by molar-refractivity contribution is 0.0925. The van der Waals surface area contributed by atoms with Crippen molar-refractivity contribution in [3.63, 3.8) is 0 Å². The first-order valence-electron chi connectivity index (χ1n) is 11.6. The number of nitrogens with one attached hydrogen (secondary N) is 1. The van der Waals surface area contributed by atoms with E-state index in [2.05, 4.69) is 5.32 Å². The van der Waals surface area contributed by atoms with Gasteiger partial charge in [0.05, 0.1) is 22.5 Å². The zero-order chi connectivity index (χ0) is 24.1. The number of carbonyl (C=O) groups is 3. The number of fused-ring (bicyclic) bond motifs is 2. The Balaban J connectivity index is 1.30. The van der Waals surface area contributed by atoms with Gasteiger partial charge in [-0.25, -0.2) is 9.58 Å². The highest BCUT2D eigenvalue weighted by Crippen LogP contribution is 2.31. The molecular weight excluding hydrogens is 440 g/mol. The number of para-hydroxylation sites is 1. The molecule has 7 heteroatoms. The van der Waals surface area contributed by atoms with E-state index in [0.717, 1.165) is 46.7 Å². The molecule has 3 amide bonds. The summed E-state index contributed by atoms with van der Waals surface area (Å²) in [5.74, 6) is -1.05. The van der Waals surface area contributed by atoms with Crippen molar-refractivity contribution in [2.24, 2.45) is 0 Å². The van der Waals surface area contributed by atoms with Crippen molar-refractivity contribution in [1.29, 1.82) is 0 Å². The molecule has 172 valence electrons. The molecule has 2 aliphatic rings. The van der Waals surface area contributed by atoms with E-state index in [1.807, 2.05) is 35.9 Å². The minimum Gasteiger partial charge on any atom is -0.321 e. The average molecular weight is 463 g/mol. The van der Waals surface area contributed by atoms with E-state index in [1.165, 1.54) is 0 Å². The Labute approximate surface area is 202 Å². The smallest absolute Gasteiger partial charge is 0.276 e. The maximum Gasteiger partial charge on any atom is 0.276 e. The van der Waals surface area contributed by atoms with Crippen LogP contribution in [0.4, 0.5) is 11.4 Å². The van der Waals surface area contributed by atoms with Crippen LogP contribution in [0.2, 0.25) is 0 Å². The zero-order valence-corrected chi connectivity index (χ0v) is 19.1. The van der Waals surface area contributed by atoms with Crippen LogP contribution < -0.4 is 10.2 Å². The van der Waals surface area contributed by atoms with E-state index in [4.69, 9.17) is 5.10 Å². The van der Waals surface area contributed by atoms with E-state index in [-0.39, 0.29) is 17.7 Å². The Morgan fingerprint density at radius 2 is 1.60 bits per heavy atom. The van der Waals surface area contributed by atoms with Crippen LogP contribution in [0.3, 0.4) is 0 Å². The molecule has 1 aliphatic heterocycles. The summed E-state index contributed by atoms with van der Waals surface area (Å²) in [6.45, 7) is 2.03. The third-order valence-electron chi connectivity index (χ3n) is 6.65. The molecule has 1 aromatic heterocycles. The first kappa shape index (κ1) is 21.0. The second-order valence-corrected chi connectivity index (χ2v) is 8.82. The highest BCUT2D eigenvalue weighted by molar-refractivity contribution is 6.34. The van der Waals surface area contributed by atoms with E-state index in [0.29, 0.717) is 28.2 Å². The predicted molar refractivity (Wildman–Crippen MR) is 132 cm³/mol. The molecule has 1 N–H and O–H groups in total. The largest absolute Gasteiger partial charge is 0.321 e. The second-order valence-electron chi connectivity index (χ2n) is 8.82. The van der Waals surface area contributed by atoms with Gasteiger partial charge in [-0.15, -0.1) is 0 Å². The number of hydrogen-bond donors (Lipinski definition) is 1. The van der Waals surface area contributed by atoms with Crippen molar-refractivity contribution in [1.82, 2.24) is 9.78 Å². The molecule has 0 unspecified atom stereocenters. The third kappa shape index (κ3) is 3.35. The van der Waals surface area contributed by atoms with Gasteiger partial charge in [0.25, 0.3) is 17.7 Å². The number of hydrogen-bond acceptors (Lipinski definition) is 4. The van der Waals surface area contributed by atoms with Crippen LogP contribution in [0.1, 0.15) is 54.4 Å². The maximum atomic E-state index is 13.3. The summed E-state index contributed by atoms with van der Waals surface area (Å²) in [6.07, 6.45) is 2.66. The molecule has 35 heavy (non-hydrogen) atoms. The number of aryl methyl sites for hydroxylation is 1. The van der Waals surface area contributed by atoms with Crippen molar-refractivity contribution in [2.45, 2.75) is 26.2 Å². The lowest BCUT2D eigenvalue weighted by atomic mass is 10.1. The molecule has 0 saturated carbocycles. The summed E-state index contributed by atoms with van der Waals surface area (Å²) in [6, 6.07) is 21.5. The number of nitrogens with zero attached hydrogens (tertiary/aromatic N) is 3. The Morgan fingerprint density at radius 3 is 2.34 bits per heavy atom. The van der Waals surface area contributed by atoms with Gasteiger partial charge in [-0.2, -0.15) is 5.10 Å². The first-order chi connectivity index (χ1) is 17.0. The Hall–Kier alpha value is -4.52. The molecular formula is C28H22N4O3. The van der Waals surface area contributed by atoms with Gasteiger partial charge in [-0.05, 0) is 68.1 Å². The van der Waals surface area contributed by atoms with Crippen LogP contribution in [0.15, 0.2) is 72.8 Å². The fourth-order valence-corrected chi connectivity index (χ4v) is 4.96. The molecule has 1 aliphatic carbocycles. The molecule has 4 aromatic rings. The van der Waals surface area contributed by atoms with E-state index in [1.54, 1.807) is 48.5 Å². The van der Waals surface area contributed by atoms with Gasteiger partial charge < -0.3 is 5.32 Å². The summed E-state index contributed by atoms with van der Waals surface area (Å²) >= 11 is 0. The molecule has 0 atom stereocenters. The molecule has 6 rings (SSSR count). The first-order valence-corrected chi connectivity index (χ1v) is 11.6. The molecule has 2 heterocycles. The third-order valence-corrected chi connectivity index (χ3v) is 6.65. The monoisotopic (exact) mass is 462 g/mol. The molecule has 0 radical (unpaired) electrons. The summed E-state index contributed by atoms with van der Waals surface area (Å²) in [5.41, 5.74) is 6.17. The van der Waals surface area contributed by atoms with Gasteiger partial charge in [-0.1, -0.05) is 36.4 Å². The average Bonchev–Trinajstić information content (AvgIpc) is 3.54. The van der Waals surface area contributed by atoms with Crippen LogP contribution in [-0.2, 0) is 12.8 Å². The van der Waals surface area contributed by atoms with Gasteiger partial charge in [-0.3, -0.25) is 14.4 Å². The number of amides is 3. The minimum absolute atomic E-state index is 0.310. The van der Waals surface area contributed by atoms with Crippen LogP contribution in [0.25, 0.3) is 5.69 Å². The highest BCUT2D eigenvalue weighted by Gasteiger charge is 2.36. The quantitative estimate of drug-likeness (QED) is 0.445. The van der Waals surface area contributed by atoms with Gasteiger partial charge >= 0.3 is 0 Å². The number of anilines is 2. The van der Waals surface area contributed by atoms with Crippen LogP contribution in [0.5, 0.6) is 0 Å². The van der Waals surface area contributed by atoms with Gasteiger partial charge in [0.1, 0.15) is 0 Å². The number of aromatic nitrogens is 2. The molecule has 0 fully saturated rings. The summed E-state index contributed by atoms with van der Waals surface area (Å²) in [5, 5.41) is 7.61. The Bertz CT molecular complexity index is 1500. The summed E-state index contributed by atoms with van der Waals surface area (Å²) < 4.78 is 1.89. The van der Waals surface area contributed by atoms with E-state index >= 15 is 0 Å². The fourth-order valence-electron chi connectivity index (χ4n) is 4.96. The standard InChI is InChI=1S/C28H22N4O3/c1-17-8-2-5-14-23(17)32-24-15-7-13-22(24)25(30-32)26(33)29-18-9-6-10-19(16-18)31-27(34)20-11-3-4-12-21(20)28(31)35/h2-6,8-12,14,16H,7,13,15H2,1H3,(H,29,33). The number of imide groups is 1. The molecule has 7 nitrogen and oxygen atoms in total. The summed E-state index contributed by atoms with van der Waals surface area (Å²) in [7, 11) is 0. The van der Waals surface area contributed by atoms with Gasteiger partial charge in [0.2, 0.25) is 0 Å².